The molecule has 0 aromatic rings. The number of hydrogen-bond donors (Lipinski definition) is 0. The Bertz CT molecular complexity index is 266. The van der Waals surface area contributed by atoms with E-state index in [-0.39, 0.29) is 0 Å². The minimum Gasteiger partial charge on any atom is -0.460 e. The average Bonchev–Trinajstić information content (AvgIpc) is 2.25. The Labute approximate surface area is 97.9 Å². The Morgan fingerprint density at radius 1 is 1.38 bits per heavy atom. The van der Waals surface area contributed by atoms with Gasteiger partial charge in [0, 0.05) is 6.92 Å². The van der Waals surface area contributed by atoms with Crippen LogP contribution in [0.25, 0.3) is 0 Å². The Hall–Kier alpha value is -1.12. The number of ether oxygens (including phenoxy) is 1. The number of ketones is 1. The van der Waals surface area contributed by atoms with Crippen LogP contribution in [0.3, 0.4) is 0 Å². The Morgan fingerprint density at radius 3 is 2.44 bits per heavy atom. The molecule has 0 aliphatic heterocycles. The van der Waals surface area contributed by atoms with Crippen molar-refractivity contribution in [3.8, 4) is 0 Å². The summed E-state index contributed by atoms with van der Waals surface area (Å²) < 4.78 is 4.82. The normalized spacial score (nSPS) is 13.4. The summed E-state index contributed by atoms with van der Waals surface area (Å²) in [7, 11) is 0. The molecule has 0 radical (unpaired) electrons. The van der Waals surface area contributed by atoms with E-state index in [1.165, 1.54) is 12.5 Å². The number of carbonyl (C=O) groups excluding carboxylic acids is 2. The van der Waals surface area contributed by atoms with Crippen molar-refractivity contribution in [1.82, 2.24) is 0 Å². The van der Waals surface area contributed by atoms with Crippen LogP contribution in [0.2, 0.25) is 0 Å². The molecule has 0 aliphatic rings. The highest BCUT2D eigenvalue weighted by molar-refractivity contribution is 6.32. The van der Waals surface area contributed by atoms with Crippen LogP contribution in [0.15, 0.2) is 11.6 Å². The molecular formula is C13H22O3. The largest absolute Gasteiger partial charge is 0.460 e. The second-order valence-electron chi connectivity index (χ2n) is 4.09. The van der Waals surface area contributed by atoms with E-state index in [0.717, 1.165) is 19.3 Å². The van der Waals surface area contributed by atoms with Gasteiger partial charge in [-0.2, -0.15) is 0 Å². The molecule has 0 aliphatic carbocycles. The van der Waals surface area contributed by atoms with Gasteiger partial charge in [0.1, 0.15) is 0 Å². The highest BCUT2D eigenvalue weighted by Crippen LogP contribution is 2.17. The third-order valence-corrected chi connectivity index (χ3v) is 2.60. The first-order valence-electron chi connectivity index (χ1n) is 5.83. The third-order valence-electron chi connectivity index (χ3n) is 2.60. The molecule has 3 heteroatoms. The van der Waals surface area contributed by atoms with Gasteiger partial charge in [0.25, 0.3) is 0 Å². The SMILES string of the molecule is CC=C(CC)CC(C)CCOC(=O)C(C)=O. The maximum Gasteiger partial charge on any atom is 0.374 e. The van der Waals surface area contributed by atoms with Crippen LogP contribution >= 0.6 is 0 Å². The number of allylic oxidation sites excluding steroid dienone is 2. The molecule has 0 amide bonds. The quantitative estimate of drug-likeness (QED) is 0.381. The molecule has 1 unspecified atom stereocenters. The molecule has 0 spiro atoms. The standard InChI is InChI=1S/C13H22O3/c1-5-12(6-2)9-10(3)7-8-16-13(15)11(4)14/h5,10H,6-9H2,1-4H3. The zero-order valence-electron chi connectivity index (χ0n) is 10.7. The highest BCUT2D eigenvalue weighted by atomic mass is 16.5. The molecule has 0 rings (SSSR count). The van der Waals surface area contributed by atoms with Crippen molar-refractivity contribution in [3.05, 3.63) is 11.6 Å². The maximum absolute atomic E-state index is 10.9. The van der Waals surface area contributed by atoms with Gasteiger partial charge in [-0.3, -0.25) is 4.79 Å². The first kappa shape index (κ1) is 14.9. The van der Waals surface area contributed by atoms with Crippen molar-refractivity contribution >= 4 is 11.8 Å². The van der Waals surface area contributed by atoms with Gasteiger partial charge >= 0.3 is 5.97 Å². The van der Waals surface area contributed by atoms with Gasteiger partial charge < -0.3 is 4.74 Å². The molecule has 0 aromatic carbocycles. The molecule has 0 saturated heterocycles. The Balaban J connectivity index is 3.78. The zero-order chi connectivity index (χ0) is 12.6. The lowest BCUT2D eigenvalue weighted by atomic mass is 9.97. The van der Waals surface area contributed by atoms with Crippen LogP contribution in [-0.2, 0) is 14.3 Å². The fourth-order valence-electron chi connectivity index (χ4n) is 1.47. The van der Waals surface area contributed by atoms with Crippen molar-refractivity contribution in [2.45, 2.75) is 47.0 Å². The van der Waals surface area contributed by atoms with Gasteiger partial charge in [-0.05, 0) is 32.1 Å². The average molecular weight is 226 g/mol. The predicted octanol–water partition coefficient (Wildman–Crippen LogP) is 2.89. The summed E-state index contributed by atoms with van der Waals surface area (Å²) in [6.45, 7) is 7.86. The van der Waals surface area contributed by atoms with Crippen molar-refractivity contribution in [1.29, 1.82) is 0 Å². The van der Waals surface area contributed by atoms with Crippen molar-refractivity contribution in [2.75, 3.05) is 6.61 Å². The Morgan fingerprint density at radius 2 is 2.00 bits per heavy atom. The molecule has 0 fully saturated rings. The molecule has 1 atom stereocenters. The summed E-state index contributed by atoms with van der Waals surface area (Å²) in [6, 6.07) is 0. The minimum atomic E-state index is -0.728. The van der Waals surface area contributed by atoms with Crippen molar-refractivity contribution < 1.29 is 14.3 Å². The lowest BCUT2D eigenvalue weighted by Gasteiger charge is -2.12. The summed E-state index contributed by atoms with van der Waals surface area (Å²) >= 11 is 0. The van der Waals surface area contributed by atoms with Crippen LogP contribution in [0.5, 0.6) is 0 Å². The minimum absolute atomic E-state index is 0.334. The van der Waals surface area contributed by atoms with Crippen LogP contribution in [0.4, 0.5) is 0 Å². The molecule has 0 heterocycles. The monoisotopic (exact) mass is 226 g/mol. The molecule has 0 aromatic heterocycles. The Kier molecular flexibility index (Phi) is 7.52. The van der Waals surface area contributed by atoms with Crippen LogP contribution < -0.4 is 0 Å². The van der Waals surface area contributed by atoms with E-state index in [9.17, 15) is 9.59 Å². The zero-order valence-corrected chi connectivity index (χ0v) is 10.7. The summed E-state index contributed by atoms with van der Waals surface area (Å²) in [4.78, 5) is 21.5. The molecule has 0 saturated carbocycles. The van der Waals surface area contributed by atoms with Crippen LogP contribution in [0.1, 0.15) is 47.0 Å². The lowest BCUT2D eigenvalue weighted by molar-refractivity contribution is -0.153. The second-order valence-corrected chi connectivity index (χ2v) is 4.09. The smallest absolute Gasteiger partial charge is 0.374 e. The van der Waals surface area contributed by atoms with Gasteiger partial charge in [0.05, 0.1) is 6.61 Å². The maximum atomic E-state index is 10.9. The second kappa shape index (κ2) is 8.08. The summed E-state index contributed by atoms with van der Waals surface area (Å²) in [5.74, 6) is -0.782. The van der Waals surface area contributed by atoms with Gasteiger partial charge in [-0.15, -0.1) is 0 Å². The number of rotatable bonds is 7. The first-order chi connectivity index (χ1) is 7.51. The molecular weight excluding hydrogens is 204 g/mol. The summed E-state index contributed by atoms with van der Waals surface area (Å²) in [6.07, 6.45) is 5.03. The van der Waals surface area contributed by atoms with Gasteiger partial charge in [0.15, 0.2) is 0 Å². The van der Waals surface area contributed by atoms with Crippen LogP contribution in [-0.4, -0.2) is 18.4 Å². The third kappa shape index (κ3) is 6.38. The van der Waals surface area contributed by atoms with E-state index in [0.29, 0.717) is 12.5 Å². The molecule has 92 valence electrons. The van der Waals surface area contributed by atoms with E-state index < -0.39 is 11.8 Å². The van der Waals surface area contributed by atoms with Gasteiger partial charge in [-0.1, -0.05) is 25.5 Å². The number of hydrogen-bond acceptors (Lipinski definition) is 3. The summed E-state index contributed by atoms with van der Waals surface area (Å²) in [5.41, 5.74) is 1.42. The summed E-state index contributed by atoms with van der Waals surface area (Å²) in [5, 5.41) is 0. The van der Waals surface area contributed by atoms with E-state index in [1.807, 2.05) is 6.92 Å². The topological polar surface area (TPSA) is 43.4 Å². The van der Waals surface area contributed by atoms with E-state index >= 15 is 0 Å². The van der Waals surface area contributed by atoms with Gasteiger partial charge in [0.2, 0.25) is 5.78 Å². The molecule has 0 bridgehead atoms. The molecule has 0 N–H and O–H groups in total. The van der Waals surface area contributed by atoms with E-state index in [2.05, 4.69) is 19.9 Å². The van der Waals surface area contributed by atoms with E-state index in [1.54, 1.807) is 0 Å². The van der Waals surface area contributed by atoms with Gasteiger partial charge in [-0.25, -0.2) is 4.79 Å². The first-order valence-corrected chi connectivity index (χ1v) is 5.83. The van der Waals surface area contributed by atoms with Crippen molar-refractivity contribution in [2.24, 2.45) is 5.92 Å². The fraction of sp³-hybridized carbons (Fsp3) is 0.692. The predicted molar refractivity (Wildman–Crippen MR) is 64.1 cm³/mol. The van der Waals surface area contributed by atoms with Crippen molar-refractivity contribution in [3.63, 3.8) is 0 Å². The van der Waals surface area contributed by atoms with Crippen LogP contribution in [0, 0.1) is 5.92 Å². The van der Waals surface area contributed by atoms with E-state index in [4.69, 9.17) is 4.74 Å². The number of carbonyl (C=O) groups is 2. The number of Topliss-reactive ketones (excluding diaryl/α,β-unsaturated/α-hetero) is 1. The lowest BCUT2D eigenvalue weighted by Crippen LogP contribution is -2.15. The fourth-order valence-corrected chi connectivity index (χ4v) is 1.47. The highest BCUT2D eigenvalue weighted by Gasteiger charge is 2.10. The number of esters is 1. The molecule has 16 heavy (non-hydrogen) atoms. The molecule has 3 nitrogen and oxygen atoms in total.